The van der Waals surface area contributed by atoms with Gasteiger partial charge in [0.15, 0.2) is 0 Å². The van der Waals surface area contributed by atoms with Crippen molar-refractivity contribution in [1.82, 2.24) is 15.2 Å². The number of amides is 2. The van der Waals surface area contributed by atoms with Crippen molar-refractivity contribution < 1.29 is 9.59 Å². The lowest BCUT2D eigenvalue weighted by molar-refractivity contribution is -0.128. The summed E-state index contributed by atoms with van der Waals surface area (Å²) in [5.74, 6) is -0.00778. The molecule has 1 saturated heterocycles. The SMILES string of the molecule is CNC(=O)C1CCCCN1CCC(=O)Nc1cccnc1. The van der Waals surface area contributed by atoms with Crippen LogP contribution < -0.4 is 10.6 Å². The summed E-state index contributed by atoms with van der Waals surface area (Å²) in [4.78, 5) is 29.8. The van der Waals surface area contributed by atoms with Gasteiger partial charge in [-0.25, -0.2) is 0 Å². The van der Waals surface area contributed by atoms with Gasteiger partial charge < -0.3 is 10.6 Å². The highest BCUT2D eigenvalue weighted by Gasteiger charge is 2.27. The standard InChI is InChI=1S/C15H22N4O2/c1-16-15(21)13-6-2-3-9-19(13)10-7-14(20)18-12-5-4-8-17-11-12/h4-5,8,11,13H,2-3,6-7,9-10H2,1H3,(H,16,21)(H,18,20). The Morgan fingerprint density at radius 3 is 3.00 bits per heavy atom. The van der Waals surface area contributed by atoms with E-state index in [9.17, 15) is 9.59 Å². The molecular formula is C15H22N4O2. The van der Waals surface area contributed by atoms with Crippen LogP contribution in [-0.2, 0) is 9.59 Å². The first-order valence-electron chi connectivity index (χ1n) is 7.36. The van der Waals surface area contributed by atoms with Crippen molar-refractivity contribution in [3.05, 3.63) is 24.5 Å². The van der Waals surface area contributed by atoms with Crippen LogP contribution in [0.15, 0.2) is 24.5 Å². The first kappa shape index (κ1) is 15.4. The maximum absolute atomic E-state index is 11.9. The number of nitrogens with one attached hydrogen (secondary N) is 2. The minimum atomic E-state index is -0.102. The maximum atomic E-state index is 11.9. The van der Waals surface area contributed by atoms with E-state index in [-0.39, 0.29) is 17.9 Å². The van der Waals surface area contributed by atoms with Crippen molar-refractivity contribution in [2.45, 2.75) is 31.7 Å². The molecule has 0 radical (unpaired) electrons. The molecule has 21 heavy (non-hydrogen) atoms. The third-order valence-corrected chi connectivity index (χ3v) is 3.73. The number of piperidine rings is 1. The molecule has 0 aliphatic carbocycles. The van der Waals surface area contributed by atoms with Gasteiger partial charge in [-0.3, -0.25) is 19.5 Å². The summed E-state index contributed by atoms with van der Waals surface area (Å²) >= 11 is 0. The predicted molar refractivity (Wildman–Crippen MR) is 80.8 cm³/mol. The molecule has 0 spiro atoms. The number of nitrogens with zero attached hydrogens (tertiary/aromatic N) is 2. The number of carbonyl (C=O) groups excluding carboxylic acids is 2. The molecule has 114 valence electrons. The summed E-state index contributed by atoms with van der Waals surface area (Å²) in [6, 6.07) is 3.48. The molecule has 1 atom stereocenters. The summed E-state index contributed by atoms with van der Waals surface area (Å²) in [5, 5.41) is 5.51. The lowest BCUT2D eigenvalue weighted by atomic mass is 10.0. The van der Waals surface area contributed by atoms with Gasteiger partial charge in [-0.1, -0.05) is 6.42 Å². The van der Waals surface area contributed by atoms with Crippen LogP contribution in [0.2, 0.25) is 0 Å². The number of aromatic nitrogens is 1. The predicted octanol–water partition coefficient (Wildman–Crippen LogP) is 1.01. The molecule has 1 aliphatic heterocycles. The molecule has 2 N–H and O–H groups in total. The minimum Gasteiger partial charge on any atom is -0.358 e. The number of hydrogen-bond donors (Lipinski definition) is 2. The molecule has 0 saturated carbocycles. The van der Waals surface area contributed by atoms with Crippen molar-refractivity contribution in [3.8, 4) is 0 Å². The quantitative estimate of drug-likeness (QED) is 0.849. The third-order valence-electron chi connectivity index (χ3n) is 3.73. The fourth-order valence-corrected chi connectivity index (χ4v) is 2.63. The largest absolute Gasteiger partial charge is 0.358 e. The fraction of sp³-hybridized carbons (Fsp3) is 0.533. The van der Waals surface area contributed by atoms with Crippen LogP contribution in [0.5, 0.6) is 0 Å². The van der Waals surface area contributed by atoms with Crippen molar-refractivity contribution in [2.24, 2.45) is 0 Å². The summed E-state index contributed by atoms with van der Waals surface area (Å²) in [5.41, 5.74) is 0.698. The minimum absolute atomic E-state index is 0.0439. The van der Waals surface area contributed by atoms with Crippen LogP contribution in [-0.4, -0.2) is 47.9 Å². The van der Waals surface area contributed by atoms with Gasteiger partial charge in [-0.05, 0) is 31.5 Å². The molecule has 0 aromatic carbocycles. The van der Waals surface area contributed by atoms with Crippen LogP contribution in [0.4, 0.5) is 5.69 Å². The van der Waals surface area contributed by atoms with Crippen LogP contribution in [0.3, 0.4) is 0 Å². The molecule has 1 aromatic heterocycles. The first-order valence-corrected chi connectivity index (χ1v) is 7.36. The van der Waals surface area contributed by atoms with Gasteiger partial charge in [0, 0.05) is 26.2 Å². The Balaban J connectivity index is 1.83. The zero-order valence-electron chi connectivity index (χ0n) is 12.3. The maximum Gasteiger partial charge on any atom is 0.237 e. The Bertz CT molecular complexity index is 478. The lowest BCUT2D eigenvalue weighted by Crippen LogP contribution is -2.49. The van der Waals surface area contributed by atoms with E-state index in [0.29, 0.717) is 18.7 Å². The van der Waals surface area contributed by atoms with Crippen LogP contribution >= 0.6 is 0 Å². The third kappa shape index (κ3) is 4.53. The van der Waals surface area contributed by atoms with Gasteiger partial charge in [0.25, 0.3) is 0 Å². The van der Waals surface area contributed by atoms with Crippen LogP contribution in [0.25, 0.3) is 0 Å². The number of carbonyl (C=O) groups is 2. The molecule has 2 amide bonds. The Hall–Kier alpha value is -1.95. The highest BCUT2D eigenvalue weighted by molar-refractivity contribution is 5.90. The summed E-state index contributed by atoms with van der Waals surface area (Å²) < 4.78 is 0. The van der Waals surface area contributed by atoms with Gasteiger partial charge in [0.1, 0.15) is 0 Å². The molecule has 2 rings (SSSR count). The van der Waals surface area contributed by atoms with E-state index >= 15 is 0 Å². The molecule has 6 nitrogen and oxygen atoms in total. The van der Waals surface area contributed by atoms with Gasteiger partial charge in [-0.15, -0.1) is 0 Å². The highest BCUT2D eigenvalue weighted by Crippen LogP contribution is 2.17. The summed E-state index contributed by atoms with van der Waals surface area (Å²) in [7, 11) is 1.66. The molecule has 1 aliphatic rings. The Morgan fingerprint density at radius 2 is 2.29 bits per heavy atom. The Kier molecular flexibility index (Phi) is 5.68. The average molecular weight is 290 g/mol. The van der Waals surface area contributed by atoms with Crippen molar-refractivity contribution >= 4 is 17.5 Å². The second-order valence-electron chi connectivity index (χ2n) is 5.20. The normalized spacial score (nSPS) is 19.0. The zero-order valence-corrected chi connectivity index (χ0v) is 12.3. The number of hydrogen-bond acceptors (Lipinski definition) is 4. The summed E-state index contributed by atoms with van der Waals surface area (Å²) in [6.07, 6.45) is 6.67. The van der Waals surface area contributed by atoms with E-state index < -0.39 is 0 Å². The monoisotopic (exact) mass is 290 g/mol. The second kappa shape index (κ2) is 7.73. The number of likely N-dealkylation sites (N-methyl/N-ethyl adjacent to an activating group) is 1. The number of rotatable bonds is 5. The summed E-state index contributed by atoms with van der Waals surface area (Å²) in [6.45, 7) is 1.47. The molecule has 6 heteroatoms. The molecule has 1 fully saturated rings. The van der Waals surface area contributed by atoms with Crippen molar-refractivity contribution in [2.75, 3.05) is 25.5 Å². The van der Waals surface area contributed by atoms with Crippen molar-refractivity contribution in [3.63, 3.8) is 0 Å². The van der Waals surface area contributed by atoms with Gasteiger partial charge in [0.05, 0.1) is 17.9 Å². The van der Waals surface area contributed by atoms with Crippen molar-refractivity contribution in [1.29, 1.82) is 0 Å². The lowest BCUT2D eigenvalue weighted by Gasteiger charge is -2.34. The van der Waals surface area contributed by atoms with E-state index in [1.807, 2.05) is 0 Å². The number of pyridine rings is 1. The molecule has 0 bridgehead atoms. The van der Waals surface area contributed by atoms with E-state index in [1.165, 1.54) is 0 Å². The zero-order chi connectivity index (χ0) is 15.1. The van der Waals surface area contributed by atoms with E-state index in [1.54, 1.807) is 31.6 Å². The topological polar surface area (TPSA) is 74.3 Å². The number of anilines is 1. The fourth-order valence-electron chi connectivity index (χ4n) is 2.63. The Labute approximate surface area is 124 Å². The van der Waals surface area contributed by atoms with E-state index in [0.717, 1.165) is 25.8 Å². The molecular weight excluding hydrogens is 268 g/mol. The van der Waals surface area contributed by atoms with Crippen LogP contribution in [0.1, 0.15) is 25.7 Å². The molecule has 1 aromatic rings. The smallest absolute Gasteiger partial charge is 0.237 e. The molecule has 1 unspecified atom stereocenters. The first-order chi connectivity index (χ1) is 10.2. The highest BCUT2D eigenvalue weighted by atomic mass is 16.2. The Morgan fingerprint density at radius 1 is 1.43 bits per heavy atom. The average Bonchev–Trinajstić information content (AvgIpc) is 2.53. The van der Waals surface area contributed by atoms with Gasteiger partial charge >= 0.3 is 0 Å². The second-order valence-corrected chi connectivity index (χ2v) is 5.20. The molecule has 2 heterocycles. The van der Waals surface area contributed by atoms with E-state index in [2.05, 4.69) is 20.5 Å². The van der Waals surface area contributed by atoms with Gasteiger partial charge in [0.2, 0.25) is 11.8 Å². The van der Waals surface area contributed by atoms with Crippen LogP contribution in [0, 0.1) is 0 Å². The number of likely N-dealkylation sites (tertiary alicyclic amines) is 1. The van der Waals surface area contributed by atoms with Gasteiger partial charge in [-0.2, -0.15) is 0 Å². The van der Waals surface area contributed by atoms with E-state index in [4.69, 9.17) is 0 Å².